The molecule has 3 N–H and O–H groups in total. The smallest absolute Gasteiger partial charge is 0.462 e. The zero-order valence-electron chi connectivity index (χ0n) is 65.3. The number of esters is 4. The summed E-state index contributed by atoms with van der Waals surface area (Å²) in [4.78, 5) is 72.7. The molecule has 0 aliphatic heterocycles. The Bertz CT molecular complexity index is 1910. The van der Waals surface area contributed by atoms with Crippen LogP contribution < -0.4 is 0 Å². The minimum absolute atomic E-state index is 0.107. The lowest BCUT2D eigenvalue weighted by atomic mass is 9.99. The highest BCUT2D eigenvalue weighted by Crippen LogP contribution is 2.45. The van der Waals surface area contributed by atoms with Crippen LogP contribution in [0.3, 0.4) is 0 Å². The van der Waals surface area contributed by atoms with Gasteiger partial charge in [-0.2, -0.15) is 0 Å². The van der Waals surface area contributed by atoms with Gasteiger partial charge in [-0.05, 0) is 31.6 Å². The van der Waals surface area contributed by atoms with Gasteiger partial charge < -0.3 is 33.8 Å². The lowest BCUT2D eigenvalue weighted by Crippen LogP contribution is -2.30. The van der Waals surface area contributed by atoms with Crippen LogP contribution in [0.1, 0.15) is 433 Å². The number of aliphatic hydroxyl groups is 1. The first-order chi connectivity index (χ1) is 48.6. The maximum atomic E-state index is 13.1. The summed E-state index contributed by atoms with van der Waals surface area (Å²) in [7, 11) is -9.91. The highest BCUT2D eigenvalue weighted by atomic mass is 31.2. The molecule has 0 saturated carbocycles. The van der Waals surface area contributed by atoms with Crippen molar-refractivity contribution in [3.05, 3.63) is 0 Å². The van der Waals surface area contributed by atoms with Crippen LogP contribution in [0.5, 0.6) is 0 Å². The zero-order chi connectivity index (χ0) is 73.4. The van der Waals surface area contributed by atoms with Crippen molar-refractivity contribution in [1.29, 1.82) is 0 Å². The van der Waals surface area contributed by atoms with Crippen molar-refractivity contribution < 1.29 is 80.2 Å². The normalized spacial score (nSPS) is 14.1. The molecule has 0 aliphatic rings. The SMILES string of the molecule is CCCCCCCCCCCCCCCCCCCCCCC(=O)OC[C@H](COP(=O)(O)OC[C@@H](O)COP(=O)(O)OC[C@@H](COC(=O)CCCCCCC)OC(=O)CCCCCCCCCCCCCCC)OC(=O)CCCCCCCCCCCCCCCCCCCCC(C)CC. The Labute approximate surface area is 613 Å². The first-order valence-corrected chi connectivity index (χ1v) is 45.2. The molecule has 0 heterocycles. The van der Waals surface area contributed by atoms with Crippen molar-refractivity contribution >= 4 is 39.5 Å². The van der Waals surface area contributed by atoms with E-state index in [-0.39, 0.29) is 25.7 Å². The Hall–Kier alpha value is -1.94. The van der Waals surface area contributed by atoms with Crippen LogP contribution in [0.25, 0.3) is 0 Å². The van der Waals surface area contributed by atoms with Gasteiger partial charge in [0, 0.05) is 25.7 Å². The molecule has 594 valence electrons. The van der Waals surface area contributed by atoms with E-state index in [1.807, 2.05) is 0 Å². The number of ether oxygens (including phenoxy) is 4. The van der Waals surface area contributed by atoms with Crippen molar-refractivity contribution in [2.75, 3.05) is 39.6 Å². The minimum Gasteiger partial charge on any atom is -0.462 e. The second-order valence-electron chi connectivity index (χ2n) is 29.4. The van der Waals surface area contributed by atoms with Gasteiger partial charge in [-0.15, -0.1) is 0 Å². The van der Waals surface area contributed by atoms with Gasteiger partial charge >= 0.3 is 39.5 Å². The summed E-state index contributed by atoms with van der Waals surface area (Å²) in [5, 5.41) is 10.6. The van der Waals surface area contributed by atoms with E-state index in [1.54, 1.807) is 0 Å². The second kappa shape index (κ2) is 73.9. The molecule has 0 fully saturated rings. The molecule has 100 heavy (non-hydrogen) atoms. The van der Waals surface area contributed by atoms with Crippen molar-refractivity contribution in [1.82, 2.24) is 0 Å². The van der Waals surface area contributed by atoms with Crippen molar-refractivity contribution in [2.24, 2.45) is 5.92 Å². The van der Waals surface area contributed by atoms with Crippen LogP contribution >= 0.6 is 15.6 Å². The predicted octanol–water partition coefficient (Wildman–Crippen LogP) is 24.4. The zero-order valence-corrected chi connectivity index (χ0v) is 67.1. The molecular formula is C81H158O17P2. The van der Waals surface area contributed by atoms with Crippen molar-refractivity contribution in [3.63, 3.8) is 0 Å². The standard InChI is InChI=1S/C81H158O17P2/c1-6-10-13-16-18-20-22-24-25-26-27-28-32-35-39-42-46-50-55-60-65-79(84)92-71-77(98-81(86)67-62-57-52-48-44-40-36-33-30-29-31-34-38-41-45-49-54-58-63-74(5)9-4)73-96-100(89,90)94-69-75(82)68-93-99(87,88)95-72-76(70-91-78(83)64-59-53-15-12-8-3)97-80(85)66-61-56-51-47-43-37-23-21-19-17-14-11-7-2/h74-77,82H,6-73H2,1-5H3,(H,87,88)(H,89,90)/t74?,75-,76+,77+/m0/s1. The molecule has 3 unspecified atom stereocenters. The van der Waals surface area contributed by atoms with Gasteiger partial charge in [-0.25, -0.2) is 9.13 Å². The number of carbonyl (C=O) groups excluding carboxylic acids is 4. The summed E-state index contributed by atoms with van der Waals surface area (Å²) in [6, 6.07) is 0. The highest BCUT2D eigenvalue weighted by molar-refractivity contribution is 7.47. The average Bonchev–Trinajstić information content (AvgIpc) is 0.924. The fourth-order valence-corrected chi connectivity index (χ4v) is 14.1. The van der Waals surface area contributed by atoms with E-state index >= 15 is 0 Å². The minimum atomic E-state index is -4.96. The van der Waals surface area contributed by atoms with Crippen LogP contribution in [-0.2, 0) is 65.4 Å². The quantitative estimate of drug-likeness (QED) is 0.0222. The Balaban J connectivity index is 5.10. The van der Waals surface area contributed by atoms with E-state index in [2.05, 4.69) is 34.6 Å². The number of phosphoric acid groups is 2. The molecule has 0 rings (SSSR count). The first-order valence-electron chi connectivity index (χ1n) is 42.2. The summed E-state index contributed by atoms with van der Waals surface area (Å²) in [6.45, 7) is 7.30. The lowest BCUT2D eigenvalue weighted by molar-refractivity contribution is -0.161. The van der Waals surface area contributed by atoms with E-state index in [4.69, 9.17) is 37.0 Å². The maximum Gasteiger partial charge on any atom is 0.472 e. The molecule has 0 saturated heterocycles. The molecule has 0 aromatic rings. The Kier molecular flexibility index (Phi) is 72.5. The van der Waals surface area contributed by atoms with Crippen LogP contribution in [0.4, 0.5) is 0 Å². The predicted molar refractivity (Wildman–Crippen MR) is 409 cm³/mol. The monoisotopic (exact) mass is 1470 g/mol. The van der Waals surface area contributed by atoms with Crippen LogP contribution in [-0.4, -0.2) is 96.7 Å². The first kappa shape index (κ1) is 98.1. The van der Waals surface area contributed by atoms with Gasteiger partial charge in [0.1, 0.15) is 19.3 Å². The number of unbranched alkanes of at least 4 members (excludes halogenated alkanes) is 52. The summed E-state index contributed by atoms with van der Waals surface area (Å²) in [5.74, 6) is -1.25. The van der Waals surface area contributed by atoms with Gasteiger partial charge in [0.15, 0.2) is 12.2 Å². The molecule has 0 aromatic carbocycles. The summed E-state index contributed by atoms with van der Waals surface area (Å²) in [5.41, 5.74) is 0. The van der Waals surface area contributed by atoms with Crippen molar-refractivity contribution in [2.45, 2.75) is 451 Å². The summed E-state index contributed by atoms with van der Waals surface area (Å²) < 4.78 is 68.4. The van der Waals surface area contributed by atoms with Crippen molar-refractivity contribution in [3.8, 4) is 0 Å². The lowest BCUT2D eigenvalue weighted by Gasteiger charge is -2.21. The van der Waals surface area contributed by atoms with Gasteiger partial charge in [0.2, 0.25) is 0 Å². The third-order valence-corrected chi connectivity index (χ3v) is 21.3. The number of phosphoric ester groups is 2. The molecule has 0 aromatic heterocycles. The third kappa shape index (κ3) is 73.0. The third-order valence-electron chi connectivity index (χ3n) is 19.4. The van der Waals surface area contributed by atoms with E-state index in [9.17, 15) is 43.2 Å². The molecule has 0 radical (unpaired) electrons. The summed E-state index contributed by atoms with van der Waals surface area (Å²) >= 11 is 0. The number of hydrogen-bond acceptors (Lipinski definition) is 15. The molecule has 0 amide bonds. The molecule has 19 heteroatoms. The number of aliphatic hydroxyl groups excluding tert-OH is 1. The van der Waals surface area contributed by atoms with Crippen LogP contribution in [0.2, 0.25) is 0 Å². The molecule has 0 spiro atoms. The highest BCUT2D eigenvalue weighted by Gasteiger charge is 2.30. The summed E-state index contributed by atoms with van der Waals surface area (Å²) in [6.07, 6.45) is 65.7. The van der Waals surface area contributed by atoms with Gasteiger partial charge in [0.25, 0.3) is 0 Å². The molecule has 0 aliphatic carbocycles. The van der Waals surface area contributed by atoms with Gasteiger partial charge in [-0.1, -0.05) is 381 Å². The van der Waals surface area contributed by atoms with Gasteiger partial charge in [-0.3, -0.25) is 37.3 Å². The van der Waals surface area contributed by atoms with E-state index in [0.717, 1.165) is 102 Å². The topological polar surface area (TPSA) is 237 Å². The number of rotatable bonds is 81. The van der Waals surface area contributed by atoms with E-state index in [1.165, 1.54) is 250 Å². The Morgan fingerprint density at radius 2 is 0.480 bits per heavy atom. The largest absolute Gasteiger partial charge is 0.472 e. The number of hydrogen-bond donors (Lipinski definition) is 3. The Morgan fingerprint density at radius 1 is 0.280 bits per heavy atom. The molecule has 17 nitrogen and oxygen atoms in total. The average molecular weight is 1470 g/mol. The van der Waals surface area contributed by atoms with Crippen LogP contribution in [0, 0.1) is 5.92 Å². The molecular weight excluding hydrogens is 1310 g/mol. The second-order valence-corrected chi connectivity index (χ2v) is 32.3. The molecule has 6 atom stereocenters. The Morgan fingerprint density at radius 3 is 0.710 bits per heavy atom. The van der Waals surface area contributed by atoms with Gasteiger partial charge in [0.05, 0.1) is 26.4 Å². The number of carbonyl (C=O) groups is 4. The maximum absolute atomic E-state index is 13.1. The van der Waals surface area contributed by atoms with E-state index < -0.39 is 97.5 Å². The van der Waals surface area contributed by atoms with Crippen LogP contribution in [0.15, 0.2) is 0 Å². The fourth-order valence-electron chi connectivity index (χ4n) is 12.6. The van der Waals surface area contributed by atoms with E-state index in [0.29, 0.717) is 25.7 Å². The molecule has 0 bridgehead atoms. The fraction of sp³-hybridized carbons (Fsp3) is 0.951.